The number of sulfonamides is 1. The average Bonchev–Trinajstić information content (AvgIpc) is 2.42. The summed E-state index contributed by atoms with van der Waals surface area (Å²) in [5.41, 5.74) is -0.197. The van der Waals surface area contributed by atoms with Crippen molar-refractivity contribution in [2.24, 2.45) is 0 Å². The Bertz CT molecular complexity index is 580. The average molecular weight is 318 g/mol. The maximum Gasteiger partial charge on any atom is 0.241 e. The van der Waals surface area contributed by atoms with E-state index < -0.39 is 15.6 Å². The van der Waals surface area contributed by atoms with Crippen LogP contribution in [0.2, 0.25) is 5.02 Å². The number of aliphatic hydroxyl groups excluding tert-OH is 1. The smallest absolute Gasteiger partial charge is 0.241 e. The molecular formula is C14H20ClNO3S. The zero-order chi connectivity index (χ0) is 14.8. The van der Waals surface area contributed by atoms with Gasteiger partial charge in [-0.25, -0.2) is 13.1 Å². The highest BCUT2D eigenvalue weighted by Gasteiger charge is 2.36. The molecule has 2 rings (SSSR count). The van der Waals surface area contributed by atoms with Crippen LogP contribution in [0.5, 0.6) is 0 Å². The van der Waals surface area contributed by atoms with Crippen molar-refractivity contribution >= 4 is 21.6 Å². The first-order valence-corrected chi connectivity index (χ1v) is 8.66. The Kier molecular flexibility index (Phi) is 4.74. The van der Waals surface area contributed by atoms with Gasteiger partial charge in [-0.2, -0.15) is 0 Å². The quantitative estimate of drug-likeness (QED) is 0.897. The summed E-state index contributed by atoms with van der Waals surface area (Å²) >= 11 is 5.99. The van der Waals surface area contributed by atoms with E-state index in [2.05, 4.69) is 4.72 Å². The van der Waals surface area contributed by atoms with Crippen LogP contribution >= 0.6 is 11.6 Å². The normalized spacial score (nSPS) is 18.9. The van der Waals surface area contributed by atoms with Crippen LogP contribution in [0.15, 0.2) is 23.1 Å². The van der Waals surface area contributed by atoms with E-state index in [1.807, 2.05) is 0 Å². The Balaban J connectivity index is 2.33. The van der Waals surface area contributed by atoms with E-state index in [0.29, 0.717) is 23.4 Å². The van der Waals surface area contributed by atoms with Crippen molar-refractivity contribution in [2.75, 3.05) is 6.61 Å². The van der Waals surface area contributed by atoms with Gasteiger partial charge in [0.25, 0.3) is 0 Å². The van der Waals surface area contributed by atoms with Crippen molar-refractivity contribution in [1.29, 1.82) is 0 Å². The molecule has 0 heterocycles. The van der Waals surface area contributed by atoms with Crippen LogP contribution in [0.25, 0.3) is 0 Å². The summed E-state index contributed by atoms with van der Waals surface area (Å²) in [7, 11) is -3.68. The number of aliphatic hydroxyl groups is 1. The van der Waals surface area contributed by atoms with E-state index in [9.17, 15) is 13.5 Å². The van der Waals surface area contributed by atoms with Gasteiger partial charge in [0, 0.05) is 5.02 Å². The zero-order valence-corrected chi connectivity index (χ0v) is 13.1. The minimum Gasteiger partial charge on any atom is -0.394 e. The van der Waals surface area contributed by atoms with Crippen molar-refractivity contribution in [3.8, 4) is 0 Å². The summed E-state index contributed by atoms with van der Waals surface area (Å²) < 4.78 is 27.8. The van der Waals surface area contributed by atoms with Crippen molar-refractivity contribution in [2.45, 2.75) is 49.5 Å². The third-order valence-corrected chi connectivity index (χ3v) is 6.10. The number of hydrogen-bond acceptors (Lipinski definition) is 3. The highest BCUT2D eigenvalue weighted by atomic mass is 35.5. The second kappa shape index (κ2) is 6.02. The van der Waals surface area contributed by atoms with Gasteiger partial charge in [-0.1, -0.05) is 36.9 Å². The Labute approximate surface area is 125 Å². The van der Waals surface area contributed by atoms with Gasteiger partial charge in [0.1, 0.15) is 0 Å². The van der Waals surface area contributed by atoms with E-state index in [4.69, 9.17) is 11.6 Å². The van der Waals surface area contributed by atoms with Gasteiger partial charge in [0.05, 0.1) is 17.0 Å². The molecule has 0 saturated heterocycles. The number of benzene rings is 1. The van der Waals surface area contributed by atoms with E-state index in [1.165, 1.54) is 6.07 Å². The van der Waals surface area contributed by atoms with E-state index in [0.717, 1.165) is 19.3 Å². The van der Waals surface area contributed by atoms with Crippen LogP contribution in [0.3, 0.4) is 0 Å². The Morgan fingerprint density at radius 1 is 1.30 bits per heavy atom. The molecule has 6 heteroatoms. The summed E-state index contributed by atoms with van der Waals surface area (Å²) in [5.74, 6) is 0. The van der Waals surface area contributed by atoms with Gasteiger partial charge >= 0.3 is 0 Å². The zero-order valence-electron chi connectivity index (χ0n) is 11.5. The fourth-order valence-corrected chi connectivity index (χ4v) is 4.69. The standard InChI is InChI=1S/C14H20ClNO3S/c1-11-12(15)6-5-7-13(11)20(18,19)16-14(10-17)8-3-2-4-9-14/h5-7,16-17H,2-4,8-10H2,1H3. The van der Waals surface area contributed by atoms with Crippen molar-refractivity contribution in [3.63, 3.8) is 0 Å². The fourth-order valence-electron chi connectivity index (χ4n) is 2.74. The molecular weight excluding hydrogens is 298 g/mol. The van der Waals surface area contributed by atoms with Gasteiger partial charge < -0.3 is 5.11 Å². The van der Waals surface area contributed by atoms with Crippen LogP contribution in [0.1, 0.15) is 37.7 Å². The van der Waals surface area contributed by atoms with Crippen LogP contribution in [0.4, 0.5) is 0 Å². The summed E-state index contributed by atoms with van der Waals surface area (Å²) in [4.78, 5) is 0.184. The number of nitrogens with one attached hydrogen (secondary N) is 1. The largest absolute Gasteiger partial charge is 0.394 e. The minimum absolute atomic E-state index is 0.175. The first kappa shape index (κ1) is 15.8. The maximum absolute atomic E-state index is 12.6. The Morgan fingerprint density at radius 3 is 2.55 bits per heavy atom. The molecule has 20 heavy (non-hydrogen) atoms. The Morgan fingerprint density at radius 2 is 1.95 bits per heavy atom. The summed E-state index contributed by atoms with van der Waals surface area (Å²) in [6.07, 6.45) is 4.28. The molecule has 0 radical (unpaired) electrons. The van der Waals surface area contributed by atoms with Crippen LogP contribution in [-0.4, -0.2) is 25.7 Å². The van der Waals surface area contributed by atoms with Crippen LogP contribution in [0, 0.1) is 6.92 Å². The number of hydrogen-bond donors (Lipinski definition) is 2. The molecule has 1 aromatic carbocycles. The van der Waals surface area contributed by atoms with Gasteiger partial charge in [-0.3, -0.25) is 0 Å². The molecule has 1 fully saturated rings. The van der Waals surface area contributed by atoms with E-state index in [1.54, 1.807) is 19.1 Å². The molecule has 1 aromatic rings. The predicted octanol–water partition coefficient (Wildman–Crippen LogP) is 2.62. The fraction of sp³-hybridized carbons (Fsp3) is 0.571. The third-order valence-electron chi connectivity index (χ3n) is 3.97. The molecule has 1 aliphatic carbocycles. The second-order valence-electron chi connectivity index (χ2n) is 5.47. The van der Waals surface area contributed by atoms with E-state index in [-0.39, 0.29) is 11.5 Å². The van der Waals surface area contributed by atoms with Crippen molar-refractivity contribution in [1.82, 2.24) is 4.72 Å². The lowest BCUT2D eigenvalue weighted by Gasteiger charge is -2.36. The first-order valence-electron chi connectivity index (χ1n) is 6.80. The molecule has 112 valence electrons. The lowest BCUT2D eigenvalue weighted by molar-refractivity contribution is 0.142. The Hall–Kier alpha value is -0.620. The summed E-state index contributed by atoms with van der Waals surface area (Å²) in [6.45, 7) is 1.51. The summed E-state index contributed by atoms with van der Waals surface area (Å²) in [5, 5.41) is 10.0. The minimum atomic E-state index is -3.68. The molecule has 0 spiro atoms. The molecule has 1 saturated carbocycles. The summed E-state index contributed by atoms with van der Waals surface area (Å²) in [6, 6.07) is 4.83. The number of halogens is 1. The third kappa shape index (κ3) is 3.17. The van der Waals surface area contributed by atoms with Crippen molar-refractivity contribution < 1.29 is 13.5 Å². The lowest BCUT2D eigenvalue weighted by atomic mass is 9.83. The van der Waals surface area contributed by atoms with Crippen LogP contribution in [-0.2, 0) is 10.0 Å². The molecule has 0 aromatic heterocycles. The molecule has 0 bridgehead atoms. The molecule has 0 aliphatic heterocycles. The lowest BCUT2D eigenvalue weighted by Crippen LogP contribution is -2.52. The van der Waals surface area contributed by atoms with Crippen LogP contribution < -0.4 is 4.72 Å². The molecule has 0 amide bonds. The SMILES string of the molecule is Cc1c(Cl)cccc1S(=O)(=O)NC1(CO)CCCCC1. The second-order valence-corrected chi connectivity index (χ2v) is 7.53. The number of rotatable bonds is 4. The van der Waals surface area contributed by atoms with Gasteiger partial charge in [-0.05, 0) is 37.5 Å². The molecule has 4 nitrogen and oxygen atoms in total. The van der Waals surface area contributed by atoms with Gasteiger partial charge in [-0.15, -0.1) is 0 Å². The van der Waals surface area contributed by atoms with Gasteiger partial charge in [0.2, 0.25) is 10.0 Å². The van der Waals surface area contributed by atoms with Crippen molar-refractivity contribution in [3.05, 3.63) is 28.8 Å². The molecule has 0 unspecified atom stereocenters. The maximum atomic E-state index is 12.6. The monoisotopic (exact) mass is 317 g/mol. The predicted molar refractivity (Wildman–Crippen MR) is 79.4 cm³/mol. The highest BCUT2D eigenvalue weighted by Crippen LogP contribution is 2.31. The first-order chi connectivity index (χ1) is 9.40. The highest BCUT2D eigenvalue weighted by molar-refractivity contribution is 7.89. The van der Waals surface area contributed by atoms with E-state index >= 15 is 0 Å². The topological polar surface area (TPSA) is 66.4 Å². The molecule has 1 aliphatic rings. The molecule has 0 atom stereocenters. The molecule has 2 N–H and O–H groups in total. The van der Waals surface area contributed by atoms with Gasteiger partial charge in [0.15, 0.2) is 0 Å².